The molecule has 1 aliphatic heterocycles. The number of piperidine rings is 1. The number of carbonyl (C=O) groups excluding carboxylic acids is 1. The van der Waals surface area contributed by atoms with Crippen molar-refractivity contribution in [2.75, 3.05) is 19.6 Å². The Morgan fingerprint density at radius 2 is 1.88 bits per heavy atom. The fraction of sp³-hybridized carbons (Fsp3) is 0.929. The van der Waals surface area contributed by atoms with Gasteiger partial charge in [-0.1, -0.05) is 13.8 Å². The molecule has 2 aliphatic rings. The predicted octanol–water partition coefficient (Wildman–Crippen LogP) is 2.02. The summed E-state index contributed by atoms with van der Waals surface area (Å²) in [5.41, 5.74) is 0. The van der Waals surface area contributed by atoms with Crippen LogP contribution in [-0.4, -0.2) is 36.5 Å². The van der Waals surface area contributed by atoms with Crippen LogP contribution in [0.1, 0.15) is 46.0 Å². The van der Waals surface area contributed by atoms with Crippen molar-refractivity contribution in [2.24, 2.45) is 11.8 Å². The third-order valence-electron chi connectivity index (χ3n) is 3.89. The molecule has 3 nitrogen and oxygen atoms in total. The molecule has 1 saturated carbocycles. The van der Waals surface area contributed by atoms with Crippen LogP contribution in [0.2, 0.25) is 0 Å². The van der Waals surface area contributed by atoms with Crippen LogP contribution in [0, 0.1) is 11.8 Å². The highest BCUT2D eigenvalue weighted by atomic mass is 16.1. The van der Waals surface area contributed by atoms with Crippen LogP contribution >= 0.6 is 0 Å². The lowest BCUT2D eigenvalue weighted by molar-refractivity contribution is -0.122. The summed E-state index contributed by atoms with van der Waals surface area (Å²) in [7, 11) is 0. The van der Waals surface area contributed by atoms with E-state index < -0.39 is 0 Å². The summed E-state index contributed by atoms with van der Waals surface area (Å²) < 4.78 is 0. The van der Waals surface area contributed by atoms with Gasteiger partial charge >= 0.3 is 0 Å². The normalized spacial score (nSPS) is 23.0. The SMILES string of the molecule is CC(C)CNC(=O)CC1CCN(C2CC2)CC1. The van der Waals surface area contributed by atoms with E-state index in [0.29, 0.717) is 11.8 Å². The van der Waals surface area contributed by atoms with Gasteiger partial charge in [-0.15, -0.1) is 0 Å². The van der Waals surface area contributed by atoms with Crippen molar-refractivity contribution in [1.29, 1.82) is 0 Å². The number of rotatable bonds is 5. The van der Waals surface area contributed by atoms with Crippen molar-refractivity contribution in [1.82, 2.24) is 10.2 Å². The smallest absolute Gasteiger partial charge is 0.220 e. The molecular weight excluding hydrogens is 212 g/mol. The Bertz CT molecular complexity index is 253. The lowest BCUT2D eigenvalue weighted by atomic mass is 9.93. The highest BCUT2D eigenvalue weighted by Crippen LogP contribution is 2.31. The minimum atomic E-state index is 0.253. The van der Waals surface area contributed by atoms with Crippen molar-refractivity contribution in [2.45, 2.75) is 52.0 Å². The molecule has 1 N–H and O–H groups in total. The van der Waals surface area contributed by atoms with Gasteiger partial charge in [0.15, 0.2) is 0 Å². The molecular formula is C14H26N2O. The van der Waals surface area contributed by atoms with Crippen LogP contribution in [0.15, 0.2) is 0 Å². The molecule has 1 heterocycles. The number of nitrogens with zero attached hydrogens (tertiary/aromatic N) is 1. The zero-order chi connectivity index (χ0) is 12.3. The standard InChI is InChI=1S/C14H26N2O/c1-11(2)10-15-14(17)9-12-5-7-16(8-6-12)13-3-4-13/h11-13H,3-10H2,1-2H3,(H,15,17). The summed E-state index contributed by atoms with van der Waals surface area (Å²) in [4.78, 5) is 14.3. The summed E-state index contributed by atoms with van der Waals surface area (Å²) in [6, 6.07) is 0.894. The lowest BCUT2D eigenvalue weighted by Crippen LogP contribution is -2.37. The summed E-state index contributed by atoms with van der Waals surface area (Å²) in [5, 5.41) is 3.02. The number of likely N-dealkylation sites (tertiary alicyclic amines) is 1. The van der Waals surface area contributed by atoms with Gasteiger partial charge in [-0.05, 0) is 50.6 Å². The van der Waals surface area contributed by atoms with Gasteiger partial charge in [0, 0.05) is 19.0 Å². The second kappa shape index (κ2) is 5.85. The van der Waals surface area contributed by atoms with Crippen LogP contribution in [0.5, 0.6) is 0 Å². The van der Waals surface area contributed by atoms with Crippen molar-refractivity contribution in [3.05, 3.63) is 0 Å². The Labute approximate surface area is 105 Å². The summed E-state index contributed by atoms with van der Waals surface area (Å²) in [5.74, 6) is 1.43. The largest absolute Gasteiger partial charge is 0.356 e. The minimum Gasteiger partial charge on any atom is -0.356 e. The molecule has 3 heteroatoms. The average Bonchev–Trinajstić information content (AvgIpc) is 3.11. The first-order chi connectivity index (χ1) is 8.15. The first-order valence-corrected chi connectivity index (χ1v) is 7.16. The molecule has 0 atom stereocenters. The van der Waals surface area contributed by atoms with Crippen LogP contribution in [-0.2, 0) is 4.79 Å². The highest BCUT2D eigenvalue weighted by molar-refractivity contribution is 5.76. The Morgan fingerprint density at radius 1 is 1.24 bits per heavy atom. The van der Waals surface area contributed by atoms with Gasteiger partial charge < -0.3 is 10.2 Å². The zero-order valence-corrected chi connectivity index (χ0v) is 11.2. The van der Waals surface area contributed by atoms with E-state index in [-0.39, 0.29) is 5.91 Å². The number of hydrogen-bond acceptors (Lipinski definition) is 2. The summed E-state index contributed by atoms with van der Waals surface area (Å²) in [6.45, 7) is 7.52. The maximum absolute atomic E-state index is 11.7. The van der Waals surface area contributed by atoms with Crippen molar-refractivity contribution < 1.29 is 4.79 Å². The Balaban J connectivity index is 1.61. The molecule has 0 unspecified atom stereocenters. The van der Waals surface area contributed by atoms with Crippen LogP contribution in [0.25, 0.3) is 0 Å². The number of amides is 1. The molecule has 0 spiro atoms. The molecule has 0 aromatic heterocycles. The Hall–Kier alpha value is -0.570. The molecule has 0 aromatic carbocycles. The van der Waals surface area contributed by atoms with Crippen LogP contribution < -0.4 is 5.32 Å². The number of nitrogens with one attached hydrogen (secondary N) is 1. The molecule has 1 amide bonds. The lowest BCUT2D eigenvalue weighted by Gasteiger charge is -2.31. The van der Waals surface area contributed by atoms with Crippen molar-refractivity contribution >= 4 is 5.91 Å². The minimum absolute atomic E-state index is 0.253. The van der Waals surface area contributed by atoms with E-state index in [1.54, 1.807) is 0 Å². The second-order valence-corrected chi connectivity index (χ2v) is 6.11. The summed E-state index contributed by atoms with van der Waals surface area (Å²) in [6.07, 6.45) is 5.97. The van der Waals surface area contributed by atoms with E-state index in [9.17, 15) is 4.79 Å². The predicted molar refractivity (Wildman–Crippen MR) is 69.8 cm³/mol. The second-order valence-electron chi connectivity index (χ2n) is 6.11. The van der Waals surface area contributed by atoms with Gasteiger partial charge in [-0.2, -0.15) is 0 Å². The monoisotopic (exact) mass is 238 g/mol. The van der Waals surface area contributed by atoms with Gasteiger partial charge in [0.2, 0.25) is 5.91 Å². The Kier molecular flexibility index (Phi) is 4.43. The fourth-order valence-corrected chi connectivity index (χ4v) is 2.61. The van der Waals surface area contributed by atoms with Crippen LogP contribution in [0.3, 0.4) is 0 Å². The maximum atomic E-state index is 11.7. The molecule has 2 rings (SSSR count). The number of carbonyl (C=O) groups is 1. The topological polar surface area (TPSA) is 32.3 Å². The van der Waals surface area contributed by atoms with E-state index in [4.69, 9.17) is 0 Å². The third-order valence-corrected chi connectivity index (χ3v) is 3.89. The fourth-order valence-electron chi connectivity index (χ4n) is 2.61. The first kappa shape index (κ1) is 12.9. The third kappa shape index (κ3) is 4.30. The zero-order valence-electron chi connectivity index (χ0n) is 11.2. The van der Waals surface area contributed by atoms with Crippen molar-refractivity contribution in [3.63, 3.8) is 0 Å². The van der Waals surface area contributed by atoms with Gasteiger partial charge in [0.25, 0.3) is 0 Å². The van der Waals surface area contributed by atoms with Crippen LogP contribution in [0.4, 0.5) is 0 Å². The quantitative estimate of drug-likeness (QED) is 0.795. The van der Waals surface area contributed by atoms with E-state index in [0.717, 1.165) is 19.0 Å². The van der Waals surface area contributed by atoms with Gasteiger partial charge in [0.05, 0.1) is 0 Å². The highest BCUT2D eigenvalue weighted by Gasteiger charge is 2.32. The molecule has 17 heavy (non-hydrogen) atoms. The molecule has 1 saturated heterocycles. The van der Waals surface area contributed by atoms with Gasteiger partial charge in [-0.3, -0.25) is 4.79 Å². The van der Waals surface area contributed by atoms with Gasteiger partial charge in [-0.25, -0.2) is 0 Å². The number of hydrogen-bond donors (Lipinski definition) is 1. The summed E-state index contributed by atoms with van der Waals surface area (Å²) >= 11 is 0. The molecule has 0 radical (unpaired) electrons. The first-order valence-electron chi connectivity index (χ1n) is 7.16. The van der Waals surface area contributed by atoms with E-state index in [1.165, 1.54) is 38.8 Å². The van der Waals surface area contributed by atoms with Crippen molar-refractivity contribution in [3.8, 4) is 0 Å². The molecule has 98 valence electrons. The molecule has 1 aliphatic carbocycles. The van der Waals surface area contributed by atoms with E-state index in [1.807, 2.05) is 0 Å². The molecule has 0 bridgehead atoms. The average molecular weight is 238 g/mol. The van der Waals surface area contributed by atoms with E-state index in [2.05, 4.69) is 24.1 Å². The molecule has 2 fully saturated rings. The van der Waals surface area contributed by atoms with Gasteiger partial charge in [0.1, 0.15) is 0 Å². The maximum Gasteiger partial charge on any atom is 0.220 e. The Morgan fingerprint density at radius 3 is 2.41 bits per heavy atom. The van der Waals surface area contributed by atoms with E-state index >= 15 is 0 Å². The molecule has 0 aromatic rings.